The minimum Gasteiger partial charge on any atom is -0.335 e. The molecule has 122 valence electrons. The Morgan fingerprint density at radius 3 is 2.36 bits per heavy atom. The summed E-state index contributed by atoms with van der Waals surface area (Å²) in [5.74, 6) is -0.904. The number of rotatable bonds is 3. The summed E-state index contributed by atoms with van der Waals surface area (Å²) >= 11 is 0. The summed E-state index contributed by atoms with van der Waals surface area (Å²) in [4.78, 5) is 32.9. The molecular weight excluding hydrogens is 308 g/mol. The van der Waals surface area contributed by atoms with E-state index in [1.165, 1.54) is 17.0 Å². The van der Waals surface area contributed by atoms with E-state index in [-0.39, 0.29) is 18.3 Å². The molecule has 0 saturated carbocycles. The molecular formula is C15H21FNO4P. The minimum atomic E-state index is -4.50. The Balaban J connectivity index is 2.33. The van der Waals surface area contributed by atoms with Gasteiger partial charge in [0.15, 0.2) is 0 Å². The second-order valence-corrected chi connectivity index (χ2v) is 8.47. The summed E-state index contributed by atoms with van der Waals surface area (Å²) in [6.45, 7) is 5.95. The van der Waals surface area contributed by atoms with E-state index in [4.69, 9.17) is 0 Å². The van der Waals surface area contributed by atoms with E-state index in [0.29, 0.717) is 6.54 Å². The van der Waals surface area contributed by atoms with Crippen LogP contribution in [0.1, 0.15) is 38.8 Å². The van der Waals surface area contributed by atoms with E-state index in [0.717, 1.165) is 5.56 Å². The third kappa shape index (κ3) is 3.57. The van der Waals surface area contributed by atoms with Crippen molar-refractivity contribution in [2.45, 2.75) is 38.9 Å². The molecule has 22 heavy (non-hydrogen) atoms. The zero-order chi connectivity index (χ0) is 16.7. The van der Waals surface area contributed by atoms with Crippen LogP contribution in [0.2, 0.25) is 0 Å². The third-order valence-corrected chi connectivity index (χ3v) is 5.35. The lowest BCUT2D eigenvalue weighted by molar-refractivity contribution is -0.139. The lowest BCUT2D eigenvalue weighted by atomic mass is 9.82. The molecule has 0 aromatic heterocycles. The van der Waals surface area contributed by atoms with Gasteiger partial charge in [0.05, 0.1) is 6.04 Å². The molecule has 7 heteroatoms. The Morgan fingerprint density at radius 2 is 1.86 bits per heavy atom. The Morgan fingerprint density at radius 1 is 1.32 bits per heavy atom. The molecule has 2 atom stereocenters. The molecule has 0 bridgehead atoms. The van der Waals surface area contributed by atoms with Crippen molar-refractivity contribution in [3.63, 3.8) is 0 Å². The zero-order valence-electron chi connectivity index (χ0n) is 12.9. The van der Waals surface area contributed by atoms with Gasteiger partial charge in [-0.25, -0.2) is 4.39 Å². The SMILES string of the molecule is C[C@@H](c1ccc(F)cc1)N1CC(C)(C)CC(P(=O)(O)O)C1=O. The minimum absolute atomic E-state index is 0.156. The molecule has 2 N–H and O–H groups in total. The van der Waals surface area contributed by atoms with Crippen molar-refractivity contribution in [1.82, 2.24) is 4.90 Å². The summed E-state index contributed by atoms with van der Waals surface area (Å²) in [6.07, 6.45) is 0.156. The van der Waals surface area contributed by atoms with Crippen molar-refractivity contribution in [2.75, 3.05) is 6.54 Å². The van der Waals surface area contributed by atoms with Crippen molar-refractivity contribution < 1.29 is 23.5 Å². The molecule has 1 aromatic carbocycles. The van der Waals surface area contributed by atoms with Gasteiger partial charge in [0, 0.05) is 6.54 Å². The molecule has 5 nitrogen and oxygen atoms in total. The molecule has 1 unspecified atom stereocenters. The maximum absolute atomic E-state index is 13.0. The number of amides is 1. The smallest absolute Gasteiger partial charge is 0.335 e. The van der Waals surface area contributed by atoms with Gasteiger partial charge in [0.2, 0.25) is 5.91 Å². The Labute approximate surface area is 129 Å². The van der Waals surface area contributed by atoms with E-state index >= 15 is 0 Å². The van der Waals surface area contributed by atoms with Gasteiger partial charge in [-0.15, -0.1) is 0 Å². The summed E-state index contributed by atoms with van der Waals surface area (Å²) in [5.41, 5.74) is -0.968. The molecule has 1 saturated heterocycles. The number of benzene rings is 1. The first-order valence-corrected chi connectivity index (χ1v) is 8.80. The summed E-state index contributed by atoms with van der Waals surface area (Å²) in [5, 5.41) is 0. The maximum Gasteiger partial charge on any atom is 0.337 e. The molecule has 1 aliphatic heterocycles. The molecule has 1 aliphatic rings. The Kier molecular flexibility index (Phi) is 4.49. The second-order valence-electron chi connectivity index (χ2n) is 6.67. The summed E-state index contributed by atoms with van der Waals surface area (Å²) in [7, 11) is -4.50. The van der Waals surface area contributed by atoms with Crippen molar-refractivity contribution >= 4 is 13.5 Å². The number of carbonyl (C=O) groups is 1. The van der Waals surface area contributed by atoms with Crippen LogP contribution in [0.5, 0.6) is 0 Å². The highest BCUT2D eigenvalue weighted by Gasteiger charge is 2.48. The van der Waals surface area contributed by atoms with Crippen molar-refractivity contribution in [1.29, 1.82) is 0 Å². The monoisotopic (exact) mass is 329 g/mol. The number of carbonyl (C=O) groups excluding carboxylic acids is 1. The van der Waals surface area contributed by atoms with Gasteiger partial charge in [0.1, 0.15) is 11.5 Å². The fourth-order valence-electron chi connectivity index (χ4n) is 2.92. The van der Waals surface area contributed by atoms with Crippen LogP contribution >= 0.6 is 7.60 Å². The molecule has 1 fully saturated rings. The number of hydrogen-bond donors (Lipinski definition) is 2. The molecule has 1 amide bonds. The van der Waals surface area contributed by atoms with Crippen molar-refractivity contribution in [2.24, 2.45) is 5.41 Å². The number of halogens is 1. The highest BCUT2D eigenvalue weighted by molar-refractivity contribution is 7.53. The van der Waals surface area contributed by atoms with E-state index in [1.54, 1.807) is 19.1 Å². The van der Waals surface area contributed by atoms with Gasteiger partial charge < -0.3 is 14.7 Å². The predicted octanol–water partition coefficient (Wildman–Crippen LogP) is 2.69. The third-order valence-electron chi connectivity index (χ3n) is 4.14. The normalized spacial score (nSPS) is 23.5. The highest BCUT2D eigenvalue weighted by Crippen LogP contribution is 2.50. The number of hydrogen-bond acceptors (Lipinski definition) is 2. The van der Waals surface area contributed by atoms with Gasteiger partial charge in [-0.05, 0) is 36.5 Å². The molecule has 0 radical (unpaired) electrons. The fraction of sp³-hybridized carbons (Fsp3) is 0.533. The van der Waals surface area contributed by atoms with Crippen LogP contribution in [0, 0.1) is 11.2 Å². The molecule has 1 heterocycles. The molecule has 1 aromatic rings. The number of likely N-dealkylation sites (tertiary alicyclic amines) is 1. The number of nitrogens with zero attached hydrogens (tertiary/aromatic N) is 1. The average molecular weight is 329 g/mol. The molecule has 0 spiro atoms. The average Bonchev–Trinajstić information content (AvgIpc) is 2.40. The summed E-state index contributed by atoms with van der Waals surface area (Å²) < 4.78 is 24.7. The predicted molar refractivity (Wildman–Crippen MR) is 80.8 cm³/mol. The quantitative estimate of drug-likeness (QED) is 0.836. The second kappa shape index (κ2) is 5.76. The van der Waals surface area contributed by atoms with Crippen molar-refractivity contribution in [3.05, 3.63) is 35.6 Å². The van der Waals surface area contributed by atoms with Crippen LogP contribution in [-0.4, -0.2) is 32.8 Å². The van der Waals surface area contributed by atoms with Gasteiger partial charge in [-0.2, -0.15) is 0 Å². The van der Waals surface area contributed by atoms with Crippen LogP contribution in [0.3, 0.4) is 0 Å². The first-order chi connectivity index (χ1) is 10.0. The van der Waals surface area contributed by atoms with E-state index < -0.39 is 24.6 Å². The first kappa shape index (κ1) is 17.1. The Hall–Kier alpha value is -1.23. The summed E-state index contributed by atoms with van der Waals surface area (Å²) in [6, 6.07) is 5.42. The maximum atomic E-state index is 13.0. The largest absolute Gasteiger partial charge is 0.337 e. The van der Waals surface area contributed by atoms with Crippen LogP contribution in [0.15, 0.2) is 24.3 Å². The highest BCUT2D eigenvalue weighted by atomic mass is 31.2. The fourth-order valence-corrected chi connectivity index (χ4v) is 4.09. The van der Waals surface area contributed by atoms with Gasteiger partial charge >= 0.3 is 7.60 Å². The standard InChI is InChI=1S/C15H21FNO4P/c1-10(11-4-6-12(16)7-5-11)17-9-15(2,3)8-13(14(17)18)22(19,20)21/h4-7,10,13H,8-9H2,1-3H3,(H2,19,20,21)/t10-,13?/m0/s1. The van der Waals surface area contributed by atoms with E-state index in [1.807, 2.05) is 13.8 Å². The topological polar surface area (TPSA) is 77.8 Å². The lowest BCUT2D eigenvalue weighted by Gasteiger charge is -2.44. The Bertz CT molecular complexity index is 610. The van der Waals surface area contributed by atoms with E-state index in [2.05, 4.69) is 0 Å². The van der Waals surface area contributed by atoms with Crippen LogP contribution in [0.4, 0.5) is 4.39 Å². The van der Waals surface area contributed by atoms with Gasteiger partial charge in [-0.1, -0.05) is 26.0 Å². The zero-order valence-corrected chi connectivity index (χ0v) is 13.8. The van der Waals surface area contributed by atoms with Crippen LogP contribution in [-0.2, 0) is 9.36 Å². The van der Waals surface area contributed by atoms with Crippen LogP contribution in [0.25, 0.3) is 0 Å². The molecule has 0 aliphatic carbocycles. The van der Waals surface area contributed by atoms with E-state index in [9.17, 15) is 23.5 Å². The first-order valence-electron chi connectivity index (χ1n) is 7.12. The van der Waals surface area contributed by atoms with Crippen LogP contribution < -0.4 is 0 Å². The lowest BCUT2D eigenvalue weighted by Crippen LogP contribution is -2.52. The molecule has 2 rings (SSSR count). The number of piperidine rings is 1. The van der Waals surface area contributed by atoms with Gasteiger partial charge in [-0.3, -0.25) is 9.36 Å². The van der Waals surface area contributed by atoms with Gasteiger partial charge in [0.25, 0.3) is 0 Å². The van der Waals surface area contributed by atoms with Crippen molar-refractivity contribution in [3.8, 4) is 0 Å².